The summed E-state index contributed by atoms with van der Waals surface area (Å²) < 4.78 is 1.71. The molecule has 3 rings (SSSR count). The van der Waals surface area contributed by atoms with E-state index in [9.17, 15) is 14.7 Å². The average Bonchev–Trinajstić information content (AvgIpc) is 2.43. The molecule has 1 heterocycles. The Balaban J connectivity index is 2.62. The zero-order valence-corrected chi connectivity index (χ0v) is 11.9. The van der Waals surface area contributed by atoms with Crippen molar-refractivity contribution in [2.75, 3.05) is 0 Å². The Morgan fingerprint density at radius 3 is 2.57 bits per heavy atom. The molecule has 0 aliphatic rings. The van der Waals surface area contributed by atoms with E-state index in [4.69, 9.17) is 0 Å². The topological polar surface area (TPSA) is 59.3 Å². The predicted molar refractivity (Wildman–Crippen MR) is 82.8 cm³/mol. The summed E-state index contributed by atoms with van der Waals surface area (Å²) in [5.41, 5.74) is 3.22. The highest BCUT2D eigenvalue weighted by Crippen LogP contribution is 2.23. The first-order chi connectivity index (χ1) is 9.99. The fourth-order valence-corrected chi connectivity index (χ4v) is 2.96. The van der Waals surface area contributed by atoms with Crippen molar-refractivity contribution in [1.82, 2.24) is 4.57 Å². The number of carboxylic acids is 1. The SMILES string of the molecule is Cc1cc(C)c2c(c1)c(=O)c1ccccc1n2CC(=O)O. The summed E-state index contributed by atoms with van der Waals surface area (Å²) in [5.74, 6) is -0.926. The highest BCUT2D eigenvalue weighted by molar-refractivity contribution is 5.96. The summed E-state index contributed by atoms with van der Waals surface area (Å²) in [4.78, 5) is 23.9. The molecule has 0 fully saturated rings. The summed E-state index contributed by atoms with van der Waals surface area (Å²) in [5, 5.41) is 10.3. The molecule has 106 valence electrons. The van der Waals surface area contributed by atoms with Gasteiger partial charge in [-0.1, -0.05) is 18.2 Å². The number of hydrogen-bond donors (Lipinski definition) is 1. The lowest BCUT2D eigenvalue weighted by Crippen LogP contribution is -2.16. The van der Waals surface area contributed by atoms with Crippen LogP contribution in [0.4, 0.5) is 0 Å². The number of hydrogen-bond acceptors (Lipinski definition) is 2. The number of nitrogens with zero attached hydrogens (tertiary/aromatic N) is 1. The first-order valence-electron chi connectivity index (χ1n) is 6.73. The summed E-state index contributed by atoms with van der Waals surface area (Å²) in [6.07, 6.45) is 0. The van der Waals surface area contributed by atoms with Gasteiger partial charge in [0, 0.05) is 10.8 Å². The van der Waals surface area contributed by atoms with Gasteiger partial charge in [0.25, 0.3) is 0 Å². The molecule has 2 aromatic carbocycles. The van der Waals surface area contributed by atoms with Crippen LogP contribution in [0, 0.1) is 13.8 Å². The fraction of sp³-hybridized carbons (Fsp3) is 0.176. The number of rotatable bonds is 2. The van der Waals surface area contributed by atoms with Crippen molar-refractivity contribution in [3.63, 3.8) is 0 Å². The van der Waals surface area contributed by atoms with Gasteiger partial charge in [0.1, 0.15) is 6.54 Å². The second-order valence-electron chi connectivity index (χ2n) is 5.30. The third-order valence-electron chi connectivity index (χ3n) is 3.69. The van der Waals surface area contributed by atoms with E-state index in [2.05, 4.69) is 0 Å². The lowest BCUT2D eigenvalue weighted by atomic mass is 10.0. The first kappa shape index (κ1) is 13.4. The lowest BCUT2D eigenvalue weighted by molar-refractivity contribution is -0.137. The van der Waals surface area contributed by atoms with Gasteiger partial charge in [0.2, 0.25) is 0 Å². The molecule has 4 heteroatoms. The number of carboxylic acid groups (broad SMARTS) is 1. The standard InChI is InChI=1S/C17H15NO3/c1-10-7-11(2)16-13(8-10)17(21)12-5-3-4-6-14(12)18(16)9-15(19)20/h3-8H,9H2,1-2H3,(H,19,20). The van der Waals surface area contributed by atoms with Crippen LogP contribution < -0.4 is 5.43 Å². The molecule has 0 aliphatic heterocycles. The number of fused-ring (bicyclic) bond motifs is 2. The van der Waals surface area contributed by atoms with Crippen LogP contribution in [-0.4, -0.2) is 15.6 Å². The molecule has 0 amide bonds. The molecule has 3 aromatic rings. The highest BCUT2D eigenvalue weighted by Gasteiger charge is 2.14. The van der Waals surface area contributed by atoms with E-state index in [0.717, 1.165) is 11.1 Å². The van der Waals surface area contributed by atoms with E-state index in [0.29, 0.717) is 21.8 Å². The zero-order valence-electron chi connectivity index (χ0n) is 11.9. The third-order valence-corrected chi connectivity index (χ3v) is 3.69. The number of aryl methyl sites for hydroxylation is 2. The van der Waals surface area contributed by atoms with Gasteiger partial charge in [-0.05, 0) is 43.2 Å². The van der Waals surface area contributed by atoms with Gasteiger partial charge in [-0.2, -0.15) is 0 Å². The van der Waals surface area contributed by atoms with Gasteiger partial charge in [0.05, 0.1) is 11.0 Å². The maximum absolute atomic E-state index is 12.7. The quantitative estimate of drug-likeness (QED) is 0.735. The van der Waals surface area contributed by atoms with Gasteiger partial charge in [-0.15, -0.1) is 0 Å². The number of aliphatic carboxylic acids is 1. The second-order valence-corrected chi connectivity index (χ2v) is 5.30. The molecule has 4 nitrogen and oxygen atoms in total. The monoisotopic (exact) mass is 281 g/mol. The van der Waals surface area contributed by atoms with Gasteiger partial charge in [-0.3, -0.25) is 9.59 Å². The molecule has 1 aromatic heterocycles. The Hall–Kier alpha value is -2.62. The van der Waals surface area contributed by atoms with E-state index in [-0.39, 0.29) is 12.0 Å². The molecular formula is C17H15NO3. The number of pyridine rings is 1. The maximum atomic E-state index is 12.7. The molecule has 0 bridgehead atoms. The maximum Gasteiger partial charge on any atom is 0.323 e. The van der Waals surface area contributed by atoms with Crippen LogP contribution in [0.1, 0.15) is 11.1 Å². The van der Waals surface area contributed by atoms with E-state index >= 15 is 0 Å². The van der Waals surface area contributed by atoms with Crippen LogP contribution >= 0.6 is 0 Å². The van der Waals surface area contributed by atoms with Crippen molar-refractivity contribution >= 4 is 27.8 Å². The van der Waals surface area contributed by atoms with Crippen LogP contribution in [0.2, 0.25) is 0 Å². The zero-order chi connectivity index (χ0) is 15.1. The van der Waals surface area contributed by atoms with Crippen LogP contribution in [0.25, 0.3) is 21.8 Å². The Kier molecular flexibility index (Phi) is 3.01. The van der Waals surface area contributed by atoms with Crippen molar-refractivity contribution in [1.29, 1.82) is 0 Å². The summed E-state index contributed by atoms with van der Waals surface area (Å²) >= 11 is 0. The van der Waals surface area contributed by atoms with Gasteiger partial charge in [0.15, 0.2) is 5.43 Å². The van der Waals surface area contributed by atoms with Crippen LogP contribution in [0.3, 0.4) is 0 Å². The molecule has 0 saturated heterocycles. The molecule has 1 N–H and O–H groups in total. The van der Waals surface area contributed by atoms with Gasteiger partial charge < -0.3 is 9.67 Å². The van der Waals surface area contributed by atoms with Crippen LogP contribution in [-0.2, 0) is 11.3 Å². The van der Waals surface area contributed by atoms with Crippen molar-refractivity contribution in [2.24, 2.45) is 0 Å². The smallest absolute Gasteiger partial charge is 0.323 e. The molecule has 21 heavy (non-hydrogen) atoms. The average molecular weight is 281 g/mol. The summed E-state index contributed by atoms with van der Waals surface area (Å²) in [6.45, 7) is 3.67. The Morgan fingerprint density at radius 2 is 1.86 bits per heavy atom. The Bertz CT molecular complexity index is 938. The minimum atomic E-state index is -0.926. The van der Waals surface area contributed by atoms with E-state index in [1.807, 2.05) is 32.0 Å². The molecular weight excluding hydrogens is 266 g/mol. The molecule has 0 radical (unpaired) electrons. The molecule has 0 unspecified atom stereocenters. The minimum Gasteiger partial charge on any atom is -0.480 e. The summed E-state index contributed by atoms with van der Waals surface area (Å²) in [7, 11) is 0. The van der Waals surface area contributed by atoms with Crippen LogP contribution in [0.5, 0.6) is 0 Å². The first-order valence-corrected chi connectivity index (χ1v) is 6.73. The Morgan fingerprint density at radius 1 is 1.14 bits per heavy atom. The molecule has 0 spiro atoms. The third kappa shape index (κ3) is 2.09. The van der Waals surface area contributed by atoms with E-state index in [1.54, 1.807) is 22.8 Å². The number of benzene rings is 2. The number of para-hydroxylation sites is 1. The largest absolute Gasteiger partial charge is 0.480 e. The van der Waals surface area contributed by atoms with Crippen LogP contribution in [0.15, 0.2) is 41.2 Å². The number of carbonyl (C=O) groups is 1. The predicted octanol–water partition coefficient (Wildman–Crippen LogP) is 2.86. The van der Waals surface area contributed by atoms with Crippen molar-refractivity contribution < 1.29 is 9.90 Å². The molecule has 0 atom stereocenters. The summed E-state index contributed by atoms with van der Waals surface area (Å²) in [6, 6.07) is 10.9. The van der Waals surface area contributed by atoms with Gasteiger partial charge in [-0.25, -0.2) is 0 Å². The van der Waals surface area contributed by atoms with E-state index in [1.165, 1.54) is 0 Å². The normalized spacial score (nSPS) is 11.1. The van der Waals surface area contributed by atoms with E-state index < -0.39 is 5.97 Å². The highest BCUT2D eigenvalue weighted by atomic mass is 16.4. The van der Waals surface area contributed by atoms with Crippen molar-refractivity contribution in [3.05, 3.63) is 57.7 Å². The van der Waals surface area contributed by atoms with Crippen molar-refractivity contribution in [2.45, 2.75) is 20.4 Å². The molecule has 0 aliphatic carbocycles. The van der Waals surface area contributed by atoms with Gasteiger partial charge >= 0.3 is 5.97 Å². The molecule has 0 saturated carbocycles. The second kappa shape index (κ2) is 4.74. The number of aromatic nitrogens is 1. The van der Waals surface area contributed by atoms with Crippen molar-refractivity contribution in [3.8, 4) is 0 Å². The lowest BCUT2D eigenvalue weighted by Gasteiger charge is -2.15. The fourth-order valence-electron chi connectivity index (χ4n) is 2.96. The Labute approximate surface area is 121 Å². The minimum absolute atomic E-state index is 0.0472.